The van der Waals surface area contributed by atoms with Crippen LogP contribution in [-0.4, -0.2) is 19.5 Å². The molecule has 0 bridgehead atoms. The first-order valence-corrected chi connectivity index (χ1v) is 15.7. The predicted molar refractivity (Wildman–Crippen MR) is 185 cm³/mol. The largest absolute Gasteiger partial charge is 0.457 e. The second-order valence-electron chi connectivity index (χ2n) is 13.6. The number of aromatic nitrogens is 4. The lowest BCUT2D eigenvalue weighted by molar-refractivity contribution is 0.478. The Morgan fingerprint density at radius 3 is 2.14 bits per heavy atom. The van der Waals surface area contributed by atoms with Gasteiger partial charge in [0.2, 0.25) is 0 Å². The molecule has 3 aromatic heterocycles. The summed E-state index contributed by atoms with van der Waals surface area (Å²) < 4.78 is 9.79. The molecule has 0 radical (unpaired) electrons. The molecule has 0 fully saturated rings. The van der Waals surface area contributed by atoms with Crippen molar-refractivity contribution in [2.24, 2.45) is 0 Å². The summed E-state index contributed by atoms with van der Waals surface area (Å²) in [6.07, 6.45) is 3.65. The number of ether oxygens (including phenoxy) is 1. The molecule has 3 heterocycles. The second kappa shape index (κ2) is 10.3. The predicted octanol–water partition coefficient (Wildman–Crippen LogP) is 10.9. The molecule has 0 aliphatic carbocycles. The van der Waals surface area contributed by atoms with Gasteiger partial charge in [0.1, 0.15) is 17.3 Å². The third-order valence-electron chi connectivity index (χ3n) is 8.31. The van der Waals surface area contributed by atoms with E-state index in [1.807, 2.05) is 12.3 Å². The first-order chi connectivity index (χ1) is 20.9. The molecule has 1 N–H and O–H groups in total. The fraction of sp³-hybridized carbons (Fsp3) is 0.211. The number of H-pyrrole nitrogens is 1. The van der Waals surface area contributed by atoms with Crippen molar-refractivity contribution in [3.8, 4) is 28.4 Å². The molecule has 44 heavy (non-hydrogen) atoms. The molecule has 220 valence electrons. The molecule has 0 saturated carbocycles. The van der Waals surface area contributed by atoms with Crippen LogP contribution >= 0.6 is 15.9 Å². The number of benzene rings is 4. The minimum absolute atomic E-state index is 0.00162. The minimum atomic E-state index is -0.0131. The van der Waals surface area contributed by atoms with Crippen molar-refractivity contribution in [2.75, 3.05) is 0 Å². The number of fused-ring (bicyclic) bond motifs is 4. The number of nitrogens with zero attached hydrogens (tertiary/aromatic N) is 3. The van der Waals surface area contributed by atoms with Crippen molar-refractivity contribution in [3.05, 3.63) is 113 Å². The zero-order valence-electron chi connectivity index (χ0n) is 25.9. The van der Waals surface area contributed by atoms with Gasteiger partial charge < -0.3 is 9.72 Å². The molecule has 7 aromatic rings. The highest BCUT2D eigenvalue weighted by Crippen LogP contribution is 2.39. The molecule has 4 aromatic carbocycles. The maximum Gasteiger partial charge on any atom is 0.137 e. The van der Waals surface area contributed by atoms with Crippen LogP contribution in [-0.2, 0) is 10.8 Å². The SMILES string of the molecule is CC(C)(C)c1cc(Br)cc(Oc2ccc3c4ccc(-c5ccc6nc[nH]c6c5)cc4n(-c4cc(C(C)(C)C)ccn4)c3c2)c1. The molecule has 7 rings (SSSR count). The summed E-state index contributed by atoms with van der Waals surface area (Å²) >= 11 is 3.69. The van der Waals surface area contributed by atoms with E-state index >= 15 is 0 Å². The molecule has 5 nitrogen and oxygen atoms in total. The van der Waals surface area contributed by atoms with Crippen LogP contribution in [0.2, 0.25) is 0 Å². The number of pyridine rings is 1. The van der Waals surface area contributed by atoms with Gasteiger partial charge in [-0.1, -0.05) is 75.7 Å². The lowest BCUT2D eigenvalue weighted by Gasteiger charge is -2.20. The highest BCUT2D eigenvalue weighted by atomic mass is 79.9. The van der Waals surface area contributed by atoms with E-state index in [-0.39, 0.29) is 10.8 Å². The van der Waals surface area contributed by atoms with Gasteiger partial charge in [-0.25, -0.2) is 9.97 Å². The summed E-state index contributed by atoms with van der Waals surface area (Å²) in [4.78, 5) is 12.5. The van der Waals surface area contributed by atoms with Crippen molar-refractivity contribution in [1.29, 1.82) is 0 Å². The first-order valence-electron chi connectivity index (χ1n) is 14.9. The summed E-state index contributed by atoms with van der Waals surface area (Å²) in [6.45, 7) is 13.3. The Morgan fingerprint density at radius 2 is 1.36 bits per heavy atom. The molecule has 0 unspecified atom stereocenters. The van der Waals surface area contributed by atoms with Crippen LogP contribution in [0.3, 0.4) is 0 Å². The Balaban J connectivity index is 1.43. The van der Waals surface area contributed by atoms with Crippen molar-refractivity contribution < 1.29 is 4.74 Å². The van der Waals surface area contributed by atoms with E-state index in [0.29, 0.717) is 0 Å². The third kappa shape index (κ3) is 5.17. The van der Waals surface area contributed by atoms with Crippen LogP contribution in [0.25, 0.3) is 49.8 Å². The maximum atomic E-state index is 6.52. The van der Waals surface area contributed by atoms with E-state index in [2.05, 4.69) is 151 Å². The Kier molecular flexibility index (Phi) is 6.67. The molecule has 0 aliphatic rings. The van der Waals surface area contributed by atoms with Crippen molar-refractivity contribution in [1.82, 2.24) is 19.5 Å². The smallest absolute Gasteiger partial charge is 0.137 e. The summed E-state index contributed by atoms with van der Waals surface area (Å²) in [5, 5.41) is 2.31. The monoisotopic (exact) mass is 642 g/mol. The second-order valence-corrected chi connectivity index (χ2v) is 14.5. The standard InChI is InChI=1S/C38H35BrN4O/c1-37(2,3)25-13-14-40-36(19-25)43-34-16-24(23-8-12-32-33(15-23)42-22-41-32)7-10-30(34)31-11-9-28(21-35(31)43)44-29-18-26(38(4,5)6)17-27(39)20-29/h7-22H,1-6H3,(H,41,42). The number of nitrogens with one attached hydrogen (secondary N) is 1. The average Bonchev–Trinajstić information content (AvgIpc) is 3.57. The van der Waals surface area contributed by atoms with Gasteiger partial charge >= 0.3 is 0 Å². The molecular formula is C38H35BrN4O. The van der Waals surface area contributed by atoms with Gasteiger partial charge in [-0.2, -0.15) is 0 Å². The molecule has 0 spiro atoms. The number of rotatable bonds is 4. The number of halogens is 1. The van der Waals surface area contributed by atoms with Gasteiger partial charge in [-0.05, 0) is 93.7 Å². The maximum absolute atomic E-state index is 6.52. The van der Waals surface area contributed by atoms with Gasteiger partial charge in [0.05, 0.1) is 28.4 Å². The van der Waals surface area contributed by atoms with Crippen LogP contribution in [0.5, 0.6) is 11.5 Å². The van der Waals surface area contributed by atoms with Gasteiger partial charge in [0, 0.05) is 27.5 Å². The van der Waals surface area contributed by atoms with Crippen LogP contribution in [0.1, 0.15) is 52.7 Å². The lowest BCUT2D eigenvalue weighted by atomic mass is 9.87. The number of aromatic amines is 1. The lowest BCUT2D eigenvalue weighted by Crippen LogP contribution is -2.12. The number of hydrogen-bond donors (Lipinski definition) is 1. The van der Waals surface area contributed by atoms with Crippen LogP contribution < -0.4 is 4.74 Å². The fourth-order valence-corrected chi connectivity index (χ4v) is 6.27. The summed E-state index contributed by atoms with van der Waals surface area (Å²) in [5.41, 5.74) is 8.80. The van der Waals surface area contributed by atoms with Crippen LogP contribution in [0.15, 0.2) is 102 Å². The Labute approximate surface area is 266 Å². The molecule has 0 saturated heterocycles. The normalized spacial score (nSPS) is 12.4. The third-order valence-corrected chi connectivity index (χ3v) is 8.76. The molecular weight excluding hydrogens is 608 g/mol. The number of hydrogen-bond acceptors (Lipinski definition) is 3. The van der Waals surface area contributed by atoms with Gasteiger partial charge in [-0.3, -0.25) is 4.57 Å². The minimum Gasteiger partial charge on any atom is -0.457 e. The Bertz CT molecular complexity index is 2190. The fourth-order valence-electron chi connectivity index (χ4n) is 5.80. The van der Waals surface area contributed by atoms with E-state index in [0.717, 1.165) is 60.4 Å². The van der Waals surface area contributed by atoms with E-state index in [4.69, 9.17) is 9.72 Å². The Hall–Kier alpha value is -4.42. The van der Waals surface area contributed by atoms with Gasteiger partial charge in [0.15, 0.2) is 0 Å². The van der Waals surface area contributed by atoms with Crippen molar-refractivity contribution in [2.45, 2.75) is 52.4 Å². The quantitative estimate of drug-likeness (QED) is 0.208. The number of imidazole rings is 1. The van der Waals surface area contributed by atoms with Crippen LogP contribution in [0.4, 0.5) is 0 Å². The summed E-state index contributed by atoms with van der Waals surface area (Å²) in [7, 11) is 0. The van der Waals surface area contributed by atoms with E-state index in [1.54, 1.807) is 6.33 Å². The van der Waals surface area contributed by atoms with E-state index in [1.165, 1.54) is 16.5 Å². The molecule has 6 heteroatoms. The molecule has 0 amide bonds. The zero-order valence-corrected chi connectivity index (χ0v) is 27.5. The first kappa shape index (κ1) is 28.4. The zero-order chi connectivity index (χ0) is 30.8. The average molecular weight is 644 g/mol. The molecule has 0 aliphatic heterocycles. The van der Waals surface area contributed by atoms with Crippen molar-refractivity contribution >= 4 is 48.8 Å². The van der Waals surface area contributed by atoms with Crippen molar-refractivity contribution in [3.63, 3.8) is 0 Å². The topological polar surface area (TPSA) is 55.7 Å². The van der Waals surface area contributed by atoms with Gasteiger partial charge in [-0.15, -0.1) is 0 Å². The van der Waals surface area contributed by atoms with Gasteiger partial charge in [0.25, 0.3) is 0 Å². The van der Waals surface area contributed by atoms with Crippen LogP contribution in [0, 0.1) is 0 Å². The molecule has 0 atom stereocenters. The van der Waals surface area contributed by atoms with E-state index in [9.17, 15) is 0 Å². The summed E-state index contributed by atoms with van der Waals surface area (Å²) in [6, 6.07) is 30.0. The Morgan fingerprint density at radius 1 is 0.659 bits per heavy atom. The highest BCUT2D eigenvalue weighted by Gasteiger charge is 2.20. The van der Waals surface area contributed by atoms with E-state index < -0.39 is 0 Å². The summed E-state index contributed by atoms with van der Waals surface area (Å²) in [5.74, 6) is 2.46. The highest BCUT2D eigenvalue weighted by molar-refractivity contribution is 9.10.